The SMILES string of the molecule is C=CC(=O)OC1(C)CCC2OC2C1C. The van der Waals surface area contributed by atoms with Crippen LogP contribution in [0.3, 0.4) is 0 Å². The molecule has 0 amide bonds. The average Bonchev–Trinajstić information content (AvgIpc) is 2.91. The Bertz CT molecular complexity index is 274. The molecule has 78 valence electrons. The number of carbonyl (C=O) groups is 1. The number of hydrogen-bond acceptors (Lipinski definition) is 3. The lowest BCUT2D eigenvalue weighted by Gasteiger charge is -2.36. The van der Waals surface area contributed by atoms with Crippen molar-refractivity contribution in [2.45, 2.75) is 44.5 Å². The zero-order valence-corrected chi connectivity index (χ0v) is 8.66. The number of carbonyl (C=O) groups excluding carboxylic acids is 1. The second-order valence-electron chi connectivity index (χ2n) is 4.40. The molecule has 0 radical (unpaired) electrons. The predicted molar refractivity (Wildman–Crippen MR) is 51.8 cm³/mol. The molecule has 4 atom stereocenters. The highest BCUT2D eigenvalue weighted by Crippen LogP contribution is 2.47. The zero-order valence-electron chi connectivity index (χ0n) is 8.66. The van der Waals surface area contributed by atoms with Crippen LogP contribution in [0.1, 0.15) is 26.7 Å². The first-order valence-corrected chi connectivity index (χ1v) is 5.08. The highest BCUT2D eigenvalue weighted by Gasteiger charge is 2.55. The van der Waals surface area contributed by atoms with Gasteiger partial charge in [-0.25, -0.2) is 4.79 Å². The maximum atomic E-state index is 11.2. The van der Waals surface area contributed by atoms with Crippen LogP contribution in [0.4, 0.5) is 0 Å². The van der Waals surface area contributed by atoms with Crippen LogP contribution in [0.2, 0.25) is 0 Å². The highest BCUT2D eigenvalue weighted by atomic mass is 16.6. The number of epoxide rings is 1. The first-order chi connectivity index (χ1) is 6.57. The normalized spacial score (nSPS) is 45.1. The monoisotopic (exact) mass is 196 g/mol. The zero-order chi connectivity index (χ0) is 10.3. The van der Waals surface area contributed by atoms with Crippen molar-refractivity contribution in [2.24, 2.45) is 5.92 Å². The van der Waals surface area contributed by atoms with Gasteiger partial charge < -0.3 is 9.47 Å². The van der Waals surface area contributed by atoms with E-state index in [4.69, 9.17) is 9.47 Å². The molecule has 1 aliphatic carbocycles. The third-order valence-corrected chi connectivity index (χ3v) is 3.50. The molecule has 3 nitrogen and oxygen atoms in total. The predicted octanol–water partition coefficient (Wildman–Crippen LogP) is 1.67. The standard InChI is InChI=1S/C11H16O3/c1-4-9(12)14-11(3)6-5-8-10(13-8)7(11)2/h4,7-8,10H,1,5-6H2,2-3H3. The van der Waals surface area contributed by atoms with Crippen LogP contribution in [-0.4, -0.2) is 23.8 Å². The molecule has 0 aromatic carbocycles. The minimum Gasteiger partial charge on any atom is -0.456 e. The fourth-order valence-corrected chi connectivity index (χ4v) is 2.25. The molecule has 2 aliphatic rings. The summed E-state index contributed by atoms with van der Waals surface area (Å²) < 4.78 is 10.9. The van der Waals surface area contributed by atoms with Gasteiger partial charge in [0.2, 0.25) is 0 Å². The van der Waals surface area contributed by atoms with Gasteiger partial charge in [0.05, 0.1) is 12.2 Å². The molecule has 0 N–H and O–H groups in total. The van der Waals surface area contributed by atoms with Gasteiger partial charge in [-0.2, -0.15) is 0 Å². The molecule has 2 rings (SSSR count). The Hall–Kier alpha value is -0.830. The second-order valence-corrected chi connectivity index (χ2v) is 4.40. The van der Waals surface area contributed by atoms with Crippen LogP contribution in [0, 0.1) is 5.92 Å². The van der Waals surface area contributed by atoms with Crippen molar-refractivity contribution in [3.63, 3.8) is 0 Å². The Labute approximate surface area is 84.1 Å². The molecule has 14 heavy (non-hydrogen) atoms. The van der Waals surface area contributed by atoms with Gasteiger partial charge in [-0.05, 0) is 19.8 Å². The topological polar surface area (TPSA) is 38.8 Å². The van der Waals surface area contributed by atoms with Crippen LogP contribution in [0.5, 0.6) is 0 Å². The molecule has 0 aromatic rings. The minimum atomic E-state index is -0.372. The van der Waals surface area contributed by atoms with E-state index in [9.17, 15) is 4.79 Å². The molecule has 3 heteroatoms. The Morgan fingerprint density at radius 2 is 2.43 bits per heavy atom. The van der Waals surface area contributed by atoms with Crippen LogP contribution >= 0.6 is 0 Å². The second kappa shape index (κ2) is 3.09. The summed E-state index contributed by atoms with van der Waals surface area (Å²) in [6.45, 7) is 7.47. The fraction of sp³-hybridized carbons (Fsp3) is 0.727. The largest absolute Gasteiger partial charge is 0.456 e. The summed E-state index contributed by atoms with van der Waals surface area (Å²) in [5.74, 6) is -0.0522. The van der Waals surface area contributed by atoms with Gasteiger partial charge in [0, 0.05) is 12.0 Å². The number of ether oxygens (including phenoxy) is 2. The lowest BCUT2D eigenvalue weighted by molar-refractivity contribution is -0.159. The molecule has 1 saturated carbocycles. The van der Waals surface area contributed by atoms with Crippen LogP contribution in [-0.2, 0) is 14.3 Å². The molecular formula is C11H16O3. The van der Waals surface area contributed by atoms with E-state index < -0.39 is 0 Å². The Morgan fingerprint density at radius 1 is 1.71 bits per heavy atom. The van der Waals surface area contributed by atoms with Gasteiger partial charge in [-0.3, -0.25) is 0 Å². The number of esters is 1. The maximum Gasteiger partial charge on any atom is 0.330 e. The summed E-state index contributed by atoms with van der Waals surface area (Å²) >= 11 is 0. The van der Waals surface area contributed by atoms with E-state index in [1.54, 1.807) is 0 Å². The lowest BCUT2D eigenvalue weighted by atomic mass is 9.77. The van der Waals surface area contributed by atoms with Crippen molar-refractivity contribution >= 4 is 5.97 Å². The van der Waals surface area contributed by atoms with Crippen molar-refractivity contribution in [3.8, 4) is 0 Å². The summed E-state index contributed by atoms with van der Waals surface area (Å²) in [6.07, 6.45) is 3.81. The number of fused-ring (bicyclic) bond motifs is 1. The first kappa shape index (κ1) is 9.71. The van der Waals surface area contributed by atoms with E-state index in [2.05, 4.69) is 13.5 Å². The van der Waals surface area contributed by atoms with Crippen LogP contribution in [0.15, 0.2) is 12.7 Å². The van der Waals surface area contributed by atoms with E-state index in [1.807, 2.05) is 6.92 Å². The average molecular weight is 196 g/mol. The van der Waals surface area contributed by atoms with Crippen molar-refractivity contribution in [1.29, 1.82) is 0 Å². The van der Waals surface area contributed by atoms with Gasteiger partial charge in [0.25, 0.3) is 0 Å². The van der Waals surface area contributed by atoms with Crippen molar-refractivity contribution in [3.05, 3.63) is 12.7 Å². The molecule has 4 unspecified atom stereocenters. The summed E-state index contributed by atoms with van der Waals surface area (Å²) in [5.41, 5.74) is -0.372. The molecule has 1 heterocycles. The van der Waals surface area contributed by atoms with Crippen molar-refractivity contribution in [1.82, 2.24) is 0 Å². The molecule has 1 saturated heterocycles. The van der Waals surface area contributed by atoms with E-state index in [0.717, 1.165) is 12.8 Å². The highest BCUT2D eigenvalue weighted by molar-refractivity contribution is 5.81. The van der Waals surface area contributed by atoms with Crippen molar-refractivity contribution in [2.75, 3.05) is 0 Å². The van der Waals surface area contributed by atoms with E-state index in [0.29, 0.717) is 12.2 Å². The van der Waals surface area contributed by atoms with E-state index in [-0.39, 0.29) is 17.5 Å². The molecule has 0 bridgehead atoms. The van der Waals surface area contributed by atoms with Crippen molar-refractivity contribution < 1.29 is 14.3 Å². The van der Waals surface area contributed by atoms with Gasteiger partial charge in [0.15, 0.2) is 0 Å². The third kappa shape index (κ3) is 1.46. The number of hydrogen-bond donors (Lipinski definition) is 0. The molecule has 2 fully saturated rings. The third-order valence-electron chi connectivity index (χ3n) is 3.50. The first-order valence-electron chi connectivity index (χ1n) is 5.08. The van der Waals surface area contributed by atoms with Crippen LogP contribution in [0.25, 0.3) is 0 Å². The van der Waals surface area contributed by atoms with Gasteiger partial charge >= 0.3 is 5.97 Å². The summed E-state index contributed by atoms with van der Waals surface area (Å²) in [4.78, 5) is 11.2. The maximum absolute atomic E-state index is 11.2. The van der Waals surface area contributed by atoms with E-state index in [1.165, 1.54) is 6.08 Å². The smallest absolute Gasteiger partial charge is 0.330 e. The molecule has 0 aromatic heterocycles. The Morgan fingerprint density at radius 3 is 3.07 bits per heavy atom. The summed E-state index contributed by atoms with van der Waals surface area (Å²) in [6, 6.07) is 0. The fourth-order valence-electron chi connectivity index (χ4n) is 2.25. The summed E-state index contributed by atoms with van der Waals surface area (Å²) in [7, 11) is 0. The van der Waals surface area contributed by atoms with Gasteiger partial charge in [0.1, 0.15) is 5.60 Å². The minimum absolute atomic E-state index is 0.283. The molecular weight excluding hydrogens is 180 g/mol. The Balaban J connectivity index is 2.05. The van der Waals surface area contributed by atoms with E-state index >= 15 is 0 Å². The number of rotatable bonds is 2. The van der Waals surface area contributed by atoms with Gasteiger partial charge in [-0.15, -0.1) is 0 Å². The lowest BCUT2D eigenvalue weighted by Crippen LogP contribution is -2.44. The Kier molecular flexibility index (Phi) is 2.14. The molecule has 0 spiro atoms. The van der Waals surface area contributed by atoms with Gasteiger partial charge in [-0.1, -0.05) is 13.5 Å². The quantitative estimate of drug-likeness (QED) is 0.383. The van der Waals surface area contributed by atoms with Crippen LogP contribution < -0.4 is 0 Å². The molecule has 1 aliphatic heterocycles. The summed E-state index contributed by atoms with van der Waals surface area (Å²) in [5, 5.41) is 0.